The highest BCUT2D eigenvalue weighted by Crippen LogP contribution is 2.51. The molecular formula is C12H23O3P. The van der Waals surface area contributed by atoms with Crippen LogP contribution in [-0.2, 0) is 13.6 Å². The largest absolute Gasteiger partial charge is 0.362 e. The lowest BCUT2D eigenvalue weighted by atomic mass is 10.3. The van der Waals surface area contributed by atoms with Gasteiger partial charge in [0.1, 0.15) is 0 Å². The Balaban J connectivity index is 4.94. The third kappa shape index (κ3) is 7.03. The van der Waals surface area contributed by atoms with Crippen LogP contribution in [0.15, 0.2) is 17.1 Å². The van der Waals surface area contributed by atoms with E-state index in [9.17, 15) is 4.57 Å². The van der Waals surface area contributed by atoms with Crippen molar-refractivity contribution in [1.82, 2.24) is 0 Å². The summed E-state index contributed by atoms with van der Waals surface area (Å²) < 4.78 is 23.0. The average molecular weight is 246 g/mol. The highest BCUT2D eigenvalue weighted by molar-refractivity contribution is 7.57. The third-order valence-electron chi connectivity index (χ3n) is 1.71. The van der Waals surface area contributed by atoms with E-state index in [1.54, 1.807) is 0 Å². The van der Waals surface area contributed by atoms with Crippen molar-refractivity contribution < 1.29 is 13.6 Å². The molecule has 4 heteroatoms. The molecule has 0 aromatic carbocycles. The summed E-state index contributed by atoms with van der Waals surface area (Å²) in [6, 6.07) is 0. The second-order valence-electron chi connectivity index (χ2n) is 4.26. The molecule has 0 aliphatic heterocycles. The van der Waals surface area contributed by atoms with Gasteiger partial charge in [0.05, 0.1) is 18.0 Å². The van der Waals surface area contributed by atoms with Gasteiger partial charge in [-0.3, -0.25) is 4.57 Å². The van der Waals surface area contributed by atoms with Crippen molar-refractivity contribution in [2.75, 3.05) is 0 Å². The van der Waals surface area contributed by atoms with Gasteiger partial charge in [0.15, 0.2) is 0 Å². The van der Waals surface area contributed by atoms with Gasteiger partial charge in [0, 0.05) is 0 Å². The molecule has 0 radical (unpaired) electrons. The minimum absolute atomic E-state index is 0.135. The first-order valence-corrected chi connectivity index (χ1v) is 7.30. The fourth-order valence-electron chi connectivity index (χ4n) is 0.965. The zero-order valence-corrected chi connectivity index (χ0v) is 12.0. The Morgan fingerprint density at radius 1 is 1.25 bits per heavy atom. The van der Waals surface area contributed by atoms with Crippen LogP contribution in [0.1, 0.15) is 48.0 Å². The summed E-state index contributed by atoms with van der Waals surface area (Å²) in [7, 11) is -3.16. The minimum Gasteiger partial charge on any atom is -0.302 e. The SMILES string of the molecule is CCC(C)=C=CP(=O)(OC(C)C)OC(C)C. The highest BCUT2D eigenvalue weighted by atomic mass is 31.2. The molecule has 0 amide bonds. The van der Waals surface area contributed by atoms with Gasteiger partial charge in [-0.05, 0) is 46.6 Å². The first kappa shape index (κ1) is 15.7. The van der Waals surface area contributed by atoms with Crippen LogP contribution in [0.4, 0.5) is 0 Å². The van der Waals surface area contributed by atoms with Crippen molar-refractivity contribution in [2.45, 2.75) is 60.2 Å². The molecule has 0 aromatic heterocycles. The average Bonchev–Trinajstić information content (AvgIpc) is 2.11. The van der Waals surface area contributed by atoms with Crippen molar-refractivity contribution in [3.8, 4) is 0 Å². The van der Waals surface area contributed by atoms with Gasteiger partial charge in [-0.15, -0.1) is 5.73 Å². The Morgan fingerprint density at radius 2 is 1.69 bits per heavy atom. The maximum absolute atomic E-state index is 12.3. The smallest absolute Gasteiger partial charge is 0.302 e. The van der Waals surface area contributed by atoms with Crippen LogP contribution in [0.2, 0.25) is 0 Å². The molecule has 0 heterocycles. The zero-order chi connectivity index (χ0) is 12.8. The fourth-order valence-corrected chi connectivity index (χ4v) is 2.69. The first-order valence-electron chi connectivity index (χ1n) is 5.69. The predicted molar refractivity (Wildman–Crippen MR) is 67.6 cm³/mol. The molecule has 94 valence electrons. The van der Waals surface area contributed by atoms with Crippen LogP contribution in [-0.4, -0.2) is 12.2 Å². The molecule has 16 heavy (non-hydrogen) atoms. The zero-order valence-electron chi connectivity index (χ0n) is 11.1. The first-order chi connectivity index (χ1) is 7.29. The predicted octanol–water partition coefficient (Wildman–Crippen LogP) is 4.50. The summed E-state index contributed by atoms with van der Waals surface area (Å²) in [5.41, 5.74) is 3.99. The standard InChI is InChI=1S/C12H23O3P/c1-7-12(6)8-9-16(13,14-10(2)3)15-11(4)5/h9-11H,7H2,1-6H3. The highest BCUT2D eigenvalue weighted by Gasteiger charge is 2.24. The fraction of sp³-hybridized carbons (Fsp3) is 0.750. The van der Waals surface area contributed by atoms with Crippen LogP contribution in [0.25, 0.3) is 0 Å². The number of hydrogen-bond acceptors (Lipinski definition) is 3. The molecule has 0 aliphatic rings. The molecule has 0 bridgehead atoms. The summed E-state index contributed by atoms with van der Waals surface area (Å²) in [6.45, 7) is 11.3. The maximum atomic E-state index is 12.3. The second kappa shape index (κ2) is 7.09. The van der Waals surface area contributed by atoms with Crippen LogP contribution in [0.5, 0.6) is 0 Å². The normalized spacial score (nSPS) is 11.8. The summed E-state index contributed by atoms with van der Waals surface area (Å²) in [4.78, 5) is 0. The van der Waals surface area contributed by atoms with Gasteiger partial charge >= 0.3 is 7.60 Å². The van der Waals surface area contributed by atoms with Crippen molar-refractivity contribution in [1.29, 1.82) is 0 Å². The molecule has 0 spiro atoms. The molecule has 0 aliphatic carbocycles. The summed E-state index contributed by atoms with van der Waals surface area (Å²) in [5.74, 6) is 1.44. The monoisotopic (exact) mass is 246 g/mol. The van der Waals surface area contributed by atoms with Crippen LogP contribution >= 0.6 is 7.60 Å². The molecule has 0 saturated carbocycles. The third-order valence-corrected chi connectivity index (χ3v) is 3.59. The summed E-state index contributed by atoms with van der Waals surface area (Å²) >= 11 is 0. The van der Waals surface area contributed by atoms with E-state index in [1.807, 2.05) is 41.5 Å². The lowest BCUT2D eigenvalue weighted by Crippen LogP contribution is -2.06. The lowest BCUT2D eigenvalue weighted by molar-refractivity contribution is 0.149. The van der Waals surface area contributed by atoms with E-state index in [2.05, 4.69) is 5.73 Å². The van der Waals surface area contributed by atoms with Crippen molar-refractivity contribution in [3.05, 3.63) is 17.1 Å². The number of allylic oxidation sites excluding steroid dienone is 1. The lowest BCUT2D eigenvalue weighted by Gasteiger charge is -2.19. The van der Waals surface area contributed by atoms with Gasteiger partial charge < -0.3 is 9.05 Å². The molecule has 0 fully saturated rings. The summed E-state index contributed by atoms with van der Waals surface area (Å²) in [5, 5.41) is 0. The van der Waals surface area contributed by atoms with E-state index in [0.717, 1.165) is 12.0 Å². The number of hydrogen-bond donors (Lipinski definition) is 0. The molecule has 0 N–H and O–H groups in total. The second-order valence-corrected chi connectivity index (χ2v) is 6.01. The van der Waals surface area contributed by atoms with Gasteiger partial charge in [0.25, 0.3) is 0 Å². The minimum atomic E-state index is -3.16. The van der Waals surface area contributed by atoms with E-state index in [4.69, 9.17) is 9.05 Å². The van der Waals surface area contributed by atoms with Gasteiger partial charge in [-0.2, -0.15) is 0 Å². The molecule has 0 unspecified atom stereocenters. The van der Waals surface area contributed by atoms with Crippen LogP contribution in [0, 0.1) is 0 Å². The molecular weight excluding hydrogens is 223 g/mol. The Bertz CT molecular complexity index is 298. The molecule has 0 saturated heterocycles. The van der Waals surface area contributed by atoms with E-state index in [0.29, 0.717) is 0 Å². The Morgan fingerprint density at radius 3 is 2.00 bits per heavy atom. The topological polar surface area (TPSA) is 35.5 Å². The van der Waals surface area contributed by atoms with E-state index in [1.165, 1.54) is 5.82 Å². The van der Waals surface area contributed by atoms with Crippen molar-refractivity contribution >= 4 is 7.60 Å². The van der Waals surface area contributed by atoms with E-state index in [-0.39, 0.29) is 12.2 Å². The van der Waals surface area contributed by atoms with E-state index >= 15 is 0 Å². The van der Waals surface area contributed by atoms with Gasteiger partial charge in [0.2, 0.25) is 0 Å². The molecule has 0 atom stereocenters. The maximum Gasteiger partial charge on any atom is 0.362 e. The van der Waals surface area contributed by atoms with Crippen molar-refractivity contribution in [3.63, 3.8) is 0 Å². The Hall–Kier alpha value is -0.330. The van der Waals surface area contributed by atoms with Crippen molar-refractivity contribution in [2.24, 2.45) is 0 Å². The Labute approximate surface area is 99.1 Å². The Kier molecular flexibility index (Phi) is 6.94. The van der Waals surface area contributed by atoms with Gasteiger partial charge in [-0.25, -0.2) is 0 Å². The molecule has 0 aromatic rings. The molecule has 0 rings (SSSR count). The molecule has 3 nitrogen and oxygen atoms in total. The van der Waals surface area contributed by atoms with Gasteiger partial charge in [-0.1, -0.05) is 6.92 Å². The van der Waals surface area contributed by atoms with Crippen LogP contribution < -0.4 is 0 Å². The summed E-state index contributed by atoms with van der Waals surface area (Å²) in [6.07, 6.45) is 0.606. The quantitative estimate of drug-likeness (QED) is 0.511. The number of rotatable bonds is 6. The van der Waals surface area contributed by atoms with Crippen LogP contribution in [0.3, 0.4) is 0 Å². The van der Waals surface area contributed by atoms with E-state index < -0.39 is 7.60 Å².